The zero-order chi connectivity index (χ0) is 22.8. The van der Waals surface area contributed by atoms with Gasteiger partial charge < -0.3 is 5.32 Å². The van der Waals surface area contributed by atoms with Crippen molar-refractivity contribution in [3.63, 3.8) is 0 Å². The number of halogens is 1. The Morgan fingerprint density at radius 3 is 2.73 bits per heavy atom. The highest BCUT2D eigenvalue weighted by atomic mass is 19.1. The lowest BCUT2D eigenvalue weighted by Gasteiger charge is -2.31. The van der Waals surface area contributed by atoms with Crippen LogP contribution in [-0.2, 0) is 11.3 Å². The molecule has 1 atom stereocenters. The summed E-state index contributed by atoms with van der Waals surface area (Å²) in [6.45, 7) is 4.25. The molecule has 0 spiro atoms. The molecule has 6 heteroatoms. The van der Waals surface area contributed by atoms with Gasteiger partial charge in [-0.2, -0.15) is 0 Å². The van der Waals surface area contributed by atoms with Crippen LogP contribution < -0.4 is 5.32 Å². The summed E-state index contributed by atoms with van der Waals surface area (Å²) >= 11 is 0. The van der Waals surface area contributed by atoms with E-state index in [1.54, 1.807) is 12.1 Å². The average molecular weight is 443 g/mol. The van der Waals surface area contributed by atoms with Crippen molar-refractivity contribution in [2.75, 3.05) is 18.4 Å². The molecule has 1 aliphatic rings. The Labute approximate surface area is 192 Å². The number of anilines is 1. The van der Waals surface area contributed by atoms with Gasteiger partial charge in [0.2, 0.25) is 5.91 Å². The van der Waals surface area contributed by atoms with Gasteiger partial charge in [0.15, 0.2) is 0 Å². The number of piperidine rings is 1. The molecular formula is C27H27FN4O. The van der Waals surface area contributed by atoms with Crippen LogP contribution in [0.3, 0.4) is 0 Å². The van der Waals surface area contributed by atoms with E-state index in [1.807, 2.05) is 55.5 Å². The van der Waals surface area contributed by atoms with Gasteiger partial charge in [-0.05, 0) is 80.4 Å². The fraction of sp³-hybridized carbons (Fsp3) is 0.259. The summed E-state index contributed by atoms with van der Waals surface area (Å²) in [6, 6.07) is 22.4. The zero-order valence-corrected chi connectivity index (χ0v) is 18.7. The number of rotatable bonds is 5. The molecule has 2 heterocycles. The Morgan fingerprint density at radius 1 is 1.09 bits per heavy atom. The summed E-state index contributed by atoms with van der Waals surface area (Å²) in [6.07, 6.45) is 1.84. The number of imidazole rings is 1. The number of para-hydroxylation sites is 2. The second kappa shape index (κ2) is 9.16. The van der Waals surface area contributed by atoms with Crippen molar-refractivity contribution in [3.8, 4) is 5.69 Å². The lowest BCUT2D eigenvalue weighted by Crippen LogP contribution is -2.40. The van der Waals surface area contributed by atoms with Crippen LogP contribution in [0.1, 0.15) is 24.2 Å². The van der Waals surface area contributed by atoms with Gasteiger partial charge >= 0.3 is 0 Å². The number of aryl methyl sites for hydroxylation is 1. The SMILES string of the molecule is Cc1cccc(NC(=O)[C@H]2CCCN(Cc3nc4ccccc4n3-c3ccc(F)cc3)C2)c1. The van der Waals surface area contributed by atoms with Gasteiger partial charge in [-0.1, -0.05) is 24.3 Å². The Kier molecular flexibility index (Phi) is 5.92. The van der Waals surface area contributed by atoms with Crippen LogP contribution in [0, 0.1) is 18.7 Å². The van der Waals surface area contributed by atoms with Crippen molar-refractivity contribution in [1.82, 2.24) is 14.5 Å². The van der Waals surface area contributed by atoms with Crippen molar-refractivity contribution < 1.29 is 9.18 Å². The molecule has 0 radical (unpaired) electrons. The third-order valence-electron chi connectivity index (χ3n) is 6.24. The fourth-order valence-corrected chi connectivity index (χ4v) is 4.64. The lowest BCUT2D eigenvalue weighted by atomic mass is 9.97. The van der Waals surface area contributed by atoms with Crippen molar-refractivity contribution >= 4 is 22.6 Å². The number of nitrogens with one attached hydrogen (secondary N) is 1. The number of hydrogen-bond acceptors (Lipinski definition) is 3. The number of aromatic nitrogens is 2. The van der Waals surface area contributed by atoms with Crippen LogP contribution in [0.4, 0.5) is 10.1 Å². The molecule has 0 aliphatic carbocycles. The monoisotopic (exact) mass is 442 g/mol. The number of amides is 1. The predicted molar refractivity (Wildman–Crippen MR) is 129 cm³/mol. The molecule has 1 aliphatic heterocycles. The Bertz CT molecular complexity index is 1280. The van der Waals surface area contributed by atoms with Gasteiger partial charge in [0.05, 0.1) is 23.5 Å². The number of carbonyl (C=O) groups excluding carboxylic acids is 1. The molecule has 0 unspecified atom stereocenters. The van der Waals surface area contributed by atoms with E-state index in [-0.39, 0.29) is 17.6 Å². The third kappa shape index (κ3) is 4.66. The number of hydrogen-bond donors (Lipinski definition) is 1. The molecule has 0 bridgehead atoms. The molecule has 5 rings (SSSR count). The molecule has 1 amide bonds. The second-order valence-electron chi connectivity index (χ2n) is 8.76. The predicted octanol–water partition coefficient (Wildman–Crippen LogP) is 5.32. The lowest BCUT2D eigenvalue weighted by molar-refractivity contribution is -0.121. The van der Waals surface area contributed by atoms with Gasteiger partial charge in [-0.25, -0.2) is 9.37 Å². The molecule has 1 N–H and O–H groups in total. The zero-order valence-electron chi connectivity index (χ0n) is 18.7. The smallest absolute Gasteiger partial charge is 0.228 e. The number of nitrogens with zero attached hydrogens (tertiary/aromatic N) is 3. The highest BCUT2D eigenvalue weighted by Gasteiger charge is 2.27. The Balaban J connectivity index is 1.36. The maximum atomic E-state index is 13.5. The van der Waals surface area contributed by atoms with E-state index < -0.39 is 0 Å². The van der Waals surface area contributed by atoms with E-state index >= 15 is 0 Å². The first-order valence-corrected chi connectivity index (χ1v) is 11.4. The summed E-state index contributed by atoms with van der Waals surface area (Å²) in [5.74, 6) is 0.631. The molecule has 168 valence electrons. The fourth-order valence-electron chi connectivity index (χ4n) is 4.64. The van der Waals surface area contributed by atoms with E-state index in [9.17, 15) is 9.18 Å². The molecule has 0 saturated carbocycles. The summed E-state index contributed by atoms with van der Waals surface area (Å²) in [7, 11) is 0. The number of fused-ring (bicyclic) bond motifs is 1. The van der Waals surface area contributed by atoms with Crippen LogP contribution in [0.15, 0.2) is 72.8 Å². The summed E-state index contributed by atoms with van der Waals surface area (Å²) in [5, 5.41) is 3.08. The van der Waals surface area contributed by atoms with Crippen molar-refractivity contribution in [3.05, 3.63) is 90.0 Å². The maximum Gasteiger partial charge on any atom is 0.228 e. The van der Waals surface area contributed by atoms with Crippen LogP contribution in [0.25, 0.3) is 16.7 Å². The van der Waals surface area contributed by atoms with E-state index in [2.05, 4.69) is 14.8 Å². The van der Waals surface area contributed by atoms with Crippen molar-refractivity contribution in [2.45, 2.75) is 26.3 Å². The quantitative estimate of drug-likeness (QED) is 0.455. The Morgan fingerprint density at radius 2 is 1.91 bits per heavy atom. The molecule has 1 aromatic heterocycles. The maximum absolute atomic E-state index is 13.5. The van der Waals surface area contributed by atoms with Crippen LogP contribution in [0.2, 0.25) is 0 Å². The van der Waals surface area contributed by atoms with E-state index in [0.29, 0.717) is 13.1 Å². The van der Waals surface area contributed by atoms with Crippen LogP contribution in [-0.4, -0.2) is 33.4 Å². The third-order valence-corrected chi connectivity index (χ3v) is 6.24. The first-order chi connectivity index (χ1) is 16.1. The van der Waals surface area contributed by atoms with Gasteiger partial charge in [0.1, 0.15) is 11.6 Å². The first kappa shape index (κ1) is 21.3. The van der Waals surface area contributed by atoms with E-state index in [4.69, 9.17) is 4.98 Å². The second-order valence-corrected chi connectivity index (χ2v) is 8.76. The van der Waals surface area contributed by atoms with E-state index in [1.165, 1.54) is 12.1 Å². The van der Waals surface area contributed by atoms with E-state index in [0.717, 1.165) is 53.2 Å². The number of benzene rings is 3. The summed E-state index contributed by atoms with van der Waals surface area (Å²) in [5.41, 5.74) is 4.74. The topological polar surface area (TPSA) is 50.2 Å². The minimum absolute atomic E-state index is 0.0667. The van der Waals surface area contributed by atoms with Gasteiger partial charge in [-0.15, -0.1) is 0 Å². The summed E-state index contributed by atoms with van der Waals surface area (Å²) in [4.78, 5) is 20.1. The minimum atomic E-state index is -0.261. The minimum Gasteiger partial charge on any atom is -0.326 e. The first-order valence-electron chi connectivity index (χ1n) is 11.4. The molecule has 1 fully saturated rings. The molecule has 5 nitrogen and oxygen atoms in total. The molecule has 1 saturated heterocycles. The van der Waals surface area contributed by atoms with Gasteiger partial charge in [0.25, 0.3) is 0 Å². The normalized spacial score (nSPS) is 16.7. The van der Waals surface area contributed by atoms with Crippen molar-refractivity contribution in [1.29, 1.82) is 0 Å². The highest BCUT2D eigenvalue weighted by molar-refractivity contribution is 5.92. The Hall–Kier alpha value is -3.51. The standard InChI is InChI=1S/C27H27FN4O/c1-19-6-4-8-22(16-19)29-27(33)20-7-5-15-31(17-20)18-26-30-24-9-2-3-10-25(24)32(26)23-13-11-21(28)12-14-23/h2-4,6,8-14,16,20H,5,7,15,17-18H2,1H3,(H,29,33)/t20-/m0/s1. The van der Waals surface area contributed by atoms with Gasteiger partial charge in [0, 0.05) is 17.9 Å². The number of carbonyl (C=O) groups is 1. The summed E-state index contributed by atoms with van der Waals surface area (Å²) < 4.78 is 15.6. The molecule has 3 aromatic carbocycles. The van der Waals surface area contributed by atoms with Gasteiger partial charge in [-0.3, -0.25) is 14.3 Å². The number of likely N-dealkylation sites (tertiary alicyclic amines) is 1. The largest absolute Gasteiger partial charge is 0.326 e. The molecule has 4 aromatic rings. The average Bonchev–Trinajstić information content (AvgIpc) is 3.17. The highest BCUT2D eigenvalue weighted by Crippen LogP contribution is 2.25. The van der Waals surface area contributed by atoms with Crippen molar-refractivity contribution in [2.24, 2.45) is 5.92 Å². The molecule has 33 heavy (non-hydrogen) atoms. The van der Waals surface area contributed by atoms with Crippen LogP contribution >= 0.6 is 0 Å². The van der Waals surface area contributed by atoms with Crippen LogP contribution in [0.5, 0.6) is 0 Å². The molecular weight excluding hydrogens is 415 g/mol.